The lowest BCUT2D eigenvalue weighted by Gasteiger charge is -2.15. The average molecular weight is 273 g/mol. The predicted octanol–water partition coefficient (Wildman–Crippen LogP) is 1.49. The molecule has 1 aliphatic rings. The third kappa shape index (κ3) is 4.20. The van der Waals surface area contributed by atoms with E-state index in [1.54, 1.807) is 6.07 Å². The summed E-state index contributed by atoms with van der Waals surface area (Å²) in [5, 5.41) is 10.9. The molecule has 5 nitrogen and oxygen atoms in total. The number of anilines is 2. The smallest absolute Gasteiger partial charge is 0.287 e. The van der Waals surface area contributed by atoms with Gasteiger partial charge in [-0.1, -0.05) is 0 Å². The van der Waals surface area contributed by atoms with Crippen molar-refractivity contribution in [2.45, 2.75) is 18.8 Å². The van der Waals surface area contributed by atoms with Crippen LogP contribution < -0.4 is 15.8 Å². The standard InChI is InChI=1S/C12H17F2N3O2/c13-12(14,7-18)6-16-10-4-3-9(15)11(17-10)19-5-8-1-2-8/h3-4,8,18H,1-2,5-7,15H2,(H,16,17). The molecule has 7 heteroatoms. The molecule has 0 amide bonds. The summed E-state index contributed by atoms with van der Waals surface area (Å²) in [4.78, 5) is 4.04. The van der Waals surface area contributed by atoms with E-state index in [-0.39, 0.29) is 11.7 Å². The van der Waals surface area contributed by atoms with Crippen molar-refractivity contribution in [2.75, 3.05) is 30.8 Å². The number of aliphatic hydroxyl groups is 1. The van der Waals surface area contributed by atoms with Gasteiger partial charge in [-0.3, -0.25) is 0 Å². The number of aromatic nitrogens is 1. The van der Waals surface area contributed by atoms with Crippen molar-refractivity contribution in [3.8, 4) is 5.88 Å². The highest BCUT2D eigenvalue weighted by atomic mass is 19.3. The molecule has 1 aromatic heterocycles. The summed E-state index contributed by atoms with van der Waals surface area (Å²) in [5.74, 6) is -2.13. The van der Waals surface area contributed by atoms with Crippen molar-refractivity contribution in [3.63, 3.8) is 0 Å². The van der Waals surface area contributed by atoms with Crippen LogP contribution in [0, 0.1) is 5.92 Å². The highest BCUT2D eigenvalue weighted by molar-refractivity contribution is 5.53. The van der Waals surface area contributed by atoms with Gasteiger partial charge in [-0.05, 0) is 30.9 Å². The molecule has 0 saturated heterocycles. The SMILES string of the molecule is Nc1ccc(NCC(F)(F)CO)nc1OCC1CC1. The molecular weight excluding hydrogens is 256 g/mol. The van der Waals surface area contributed by atoms with E-state index < -0.39 is 19.1 Å². The maximum atomic E-state index is 12.9. The molecule has 1 aliphatic carbocycles. The Morgan fingerprint density at radius 2 is 2.21 bits per heavy atom. The molecule has 19 heavy (non-hydrogen) atoms. The zero-order chi connectivity index (χ0) is 13.9. The van der Waals surface area contributed by atoms with E-state index in [4.69, 9.17) is 15.6 Å². The fourth-order valence-corrected chi connectivity index (χ4v) is 1.42. The average Bonchev–Trinajstić information content (AvgIpc) is 3.20. The molecule has 1 heterocycles. The zero-order valence-corrected chi connectivity index (χ0v) is 10.4. The summed E-state index contributed by atoms with van der Waals surface area (Å²) in [5.41, 5.74) is 6.08. The molecule has 106 valence electrons. The fraction of sp³-hybridized carbons (Fsp3) is 0.583. The lowest BCUT2D eigenvalue weighted by molar-refractivity contribution is -0.0373. The summed E-state index contributed by atoms with van der Waals surface area (Å²) < 4.78 is 31.2. The number of rotatable bonds is 7. The summed E-state index contributed by atoms with van der Waals surface area (Å²) in [6.45, 7) is -1.35. The summed E-state index contributed by atoms with van der Waals surface area (Å²) in [6, 6.07) is 3.04. The quantitative estimate of drug-likeness (QED) is 0.701. The van der Waals surface area contributed by atoms with Crippen LogP contribution in [0.5, 0.6) is 5.88 Å². The minimum absolute atomic E-state index is 0.244. The number of aliphatic hydroxyl groups excluding tert-OH is 1. The molecule has 0 bridgehead atoms. The number of nitrogen functional groups attached to an aromatic ring is 1. The van der Waals surface area contributed by atoms with Crippen LogP contribution in [-0.2, 0) is 0 Å². The number of nitrogens with zero attached hydrogens (tertiary/aromatic N) is 1. The number of nitrogens with one attached hydrogen (secondary N) is 1. The molecule has 1 saturated carbocycles. The molecule has 0 aromatic carbocycles. The van der Waals surface area contributed by atoms with Gasteiger partial charge in [-0.15, -0.1) is 0 Å². The van der Waals surface area contributed by atoms with Crippen molar-refractivity contribution >= 4 is 11.5 Å². The van der Waals surface area contributed by atoms with E-state index in [1.165, 1.54) is 6.07 Å². The molecule has 4 N–H and O–H groups in total. The molecule has 1 fully saturated rings. The van der Waals surface area contributed by atoms with Gasteiger partial charge in [-0.2, -0.15) is 4.98 Å². The Labute approximate surface area is 109 Å². The first-order valence-electron chi connectivity index (χ1n) is 6.12. The largest absolute Gasteiger partial charge is 0.476 e. The molecule has 0 unspecified atom stereocenters. The van der Waals surface area contributed by atoms with Crippen LogP contribution in [0.1, 0.15) is 12.8 Å². The topological polar surface area (TPSA) is 80.4 Å². The van der Waals surface area contributed by atoms with Gasteiger partial charge in [0.2, 0.25) is 5.88 Å². The first-order valence-corrected chi connectivity index (χ1v) is 6.12. The van der Waals surface area contributed by atoms with E-state index in [9.17, 15) is 8.78 Å². The molecule has 0 spiro atoms. The number of halogens is 2. The molecule has 2 rings (SSSR count). The normalized spacial score (nSPS) is 15.3. The number of hydrogen-bond donors (Lipinski definition) is 3. The number of pyridine rings is 1. The minimum Gasteiger partial charge on any atom is -0.476 e. The lowest BCUT2D eigenvalue weighted by atomic mass is 10.3. The van der Waals surface area contributed by atoms with E-state index in [0.29, 0.717) is 18.2 Å². The second kappa shape index (κ2) is 5.56. The number of hydrogen-bond acceptors (Lipinski definition) is 5. The van der Waals surface area contributed by atoms with E-state index in [1.807, 2.05) is 0 Å². The summed E-state index contributed by atoms with van der Waals surface area (Å²) in [7, 11) is 0. The Kier molecular flexibility index (Phi) is 4.04. The van der Waals surface area contributed by atoms with Crippen molar-refractivity contribution in [1.82, 2.24) is 4.98 Å². The lowest BCUT2D eigenvalue weighted by Crippen LogP contribution is -2.31. The second-order valence-electron chi connectivity index (χ2n) is 4.71. The Morgan fingerprint density at radius 1 is 1.47 bits per heavy atom. The maximum absolute atomic E-state index is 12.9. The van der Waals surface area contributed by atoms with Gasteiger partial charge in [-0.25, -0.2) is 8.78 Å². The number of nitrogens with two attached hydrogens (primary N) is 1. The molecule has 1 aromatic rings. The van der Waals surface area contributed by atoms with Crippen LogP contribution in [0.2, 0.25) is 0 Å². The van der Waals surface area contributed by atoms with Crippen molar-refractivity contribution < 1.29 is 18.6 Å². The Bertz CT molecular complexity index is 439. The Balaban J connectivity index is 1.94. The number of alkyl halides is 2. The van der Waals surface area contributed by atoms with Crippen molar-refractivity contribution in [2.24, 2.45) is 5.92 Å². The van der Waals surface area contributed by atoms with Crippen molar-refractivity contribution in [3.05, 3.63) is 12.1 Å². The highest BCUT2D eigenvalue weighted by Gasteiger charge is 2.27. The van der Waals surface area contributed by atoms with E-state index in [0.717, 1.165) is 12.8 Å². The van der Waals surface area contributed by atoms with E-state index >= 15 is 0 Å². The fourth-order valence-electron chi connectivity index (χ4n) is 1.42. The zero-order valence-electron chi connectivity index (χ0n) is 10.4. The van der Waals surface area contributed by atoms with Gasteiger partial charge in [0.1, 0.15) is 12.4 Å². The summed E-state index contributed by atoms with van der Waals surface area (Å²) in [6.07, 6.45) is 2.28. The van der Waals surface area contributed by atoms with Gasteiger partial charge in [0.05, 0.1) is 18.8 Å². The Morgan fingerprint density at radius 3 is 2.84 bits per heavy atom. The van der Waals surface area contributed by atoms with Crippen LogP contribution in [0.15, 0.2) is 12.1 Å². The number of ether oxygens (including phenoxy) is 1. The van der Waals surface area contributed by atoms with Crippen LogP contribution >= 0.6 is 0 Å². The molecule has 0 atom stereocenters. The van der Waals surface area contributed by atoms with Gasteiger partial charge in [0, 0.05) is 0 Å². The molecular formula is C12H17F2N3O2. The van der Waals surface area contributed by atoms with Crippen LogP contribution in [0.25, 0.3) is 0 Å². The van der Waals surface area contributed by atoms with Gasteiger partial charge in [0.15, 0.2) is 0 Å². The highest BCUT2D eigenvalue weighted by Crippen LogP contribution is 2.30. The van der Waals surface area contributed by atoms with Crippen LogP contribution in [0.4, 0.5) is 20.3 Å². The van der Waals surface area contributed by atoms with Gasteiger partial charge >= 0.3 is 0 Å². The first kappa shape index (κ1) is 13.8. The predicted molar refractivity (Wildman–Crippen MR) is 67.4 cm³/mol. The van der Waals surface area contributed by atoms with E-state index in [2.05, 4.69) is 10.3 Å². The second-order valence-corrected chi connectivity index (χ2v) is 4.71. The monoisotopic (exact) mass is 273 g/mol. The third-order valence-corrected chi connectivity index (χ3v) is 2.80. The van der Waals surface area contributed by atoms with Crippen LogP contribution in [0.3, 0.4) is 0 Å². The third-order valence-electron chi connectivity index (χ3n) is 2.80. The van der Waals surface area contributed by atoms with Crippen LogP contribution in [-0.4, -0.2) is 35.8 Å². The first-order chi connectivity index (χ1) is 9.00. The Hall–Kier alpha value is -1.63. The van der Waals surface area contributed by atoms with Crippen molar-refractivity contribution in [1.29, 1.82) is 0 Å². The maximum Gasteiger partial charge on any atom is 0.287 e. The van der Waals surface area contributed by atoms with Gasteiger partial charge in [0.25, 0.3) is 5.92 Å². The van der Waals surface area contributed by atoms with Gasteiger partial charge < -0.3 is 20.9 Å². The minimum atomic E-state index is -3.18. The molecule has 0 radical (unpaired) electrons. The summed E-state index contributed by atoms with van der Waals surface area (Å²) >= 11 is 0. The molecule has 0 aliphatic heterocycles.